The van der Waals surface area contributed by atoms with Gasteiger partial charge in [-0.3, -0.25) is 9.59 Å². The topological polar surface area (TPSA) is 60.9 Å². The smallest absolute Gasteiger partial charge is 0.265 e. The summed E-state index contributed by atoms with van der Waals surface area (Å²) in [6, 6.07) is 17.4. The number of benzene rings is 2. The molecule has 1 saturated heterocycles. The van der Waals surface area contributed by atoms with E-state index in [0.29, 0.717) is 26.2 Å². The summed E-state index contributed by atoms with van der Waals surface area (Å²) >= 11 is 0. The van der Waals surface area contributed by atoms with Crippen molar-refractivity contribution in [1.29, 1.82) is 0 Å². The van der Waals surface area contributed by atoms with Crippen LogP contribution in [-0.4, -0.2) is 38.9 Å². The number of likely N-dealkylation sites (tertiary alicyclic amines) is 1. The molecular formula is C20H20N2O3. The summed E-state index contributed by atoms with van der Waals surface area (Å²) in [6.07, 6.45) is 0.143. The predicted molar refractivity (Wildman–Crippen MR) is 92.1 cm³/mol. The summed E-state index contributed by atoms with van der Waals surface area (Å²) in [5.74, 6) is -0.971. The molecule has 0 saturated carbocycles. The highest BCUT2D eigenvalue weighted by Gasteiger charge is 2.53. The van der Waals surface area contributed by atoms with Gasteiger partial charge >= 0.3 is 0 Å². The monoisotopic (exact) mass is 336 g/mol. The van der Waals surface area contributed by atoms with Crippen LogP contribution >= 0.6 is 0 Å². The summed E-state index contributed by atoms with van der Waals surface area (Å²) in [5.41, 5.74) is 1.20. The van der Waals surface area contributed by atoms with Gasteiger partial charge < -0.3 is 14.9 Å². The number of amides is 2. The molecule has 5 heteroatoms. The lowest BCUT2D eigenvalue weighted by atomic mass is 10.0. The lowest BCUT2D eigenvalue weighted by molar-refractivity contribution is -0.161. The zero-order chi connectivity index (χ0) is 17.4. The molecule has 0 spiro atoms. The van der Waals surface area contributed by atoms with Gasteiger partial charge in [0, 0.05) is 32.6 Å². The normalized spacial score (nSPS) is 22.4. The SMILES string of the molecule is O=C1N(Cc2ccccc2)CCC1(O)C(=O)N1Cc2ccccc2C1. The molecule has 25 heavy (non-hydrogen) atoms. The fourth-order valence-corrected chi connectivity index (χ4v) is 3.66. The zero-order valence-corrected chi connectivity index (χ0v) is 13.9. The van der Waals surface area contributed by atoms with E-state index < -0.39 is 17.4 Å². The van der Waals surface area contributed by atoms with E-state index in [1.807, 2.05) is 54.6 Å². The maximum absolute atomic E-state index is 12.9. The number of hydrogen-bond acceptors (Lipinski definition) is 3. The van der Waals surface area contributed by atoms with E-state index >= 15 is 0 Å². The van der Waals surface area contributed by atoms with Crippen LogP contribution in [0.4, 0.5) is 0 Å². The summed E-state index contributed by atoms with van der Waals surface area (Å²) in [5, 5.41) is 10.8. The van der Waals surface area contributed by atoms with Crippen LogP contribution in [0.5, 0.6) is 0 Å². The Kier molecular flexibility index (Phi) is 3.81. The van der Waals surface area contributed by atoms with Gasteiger partial charge in [0.2, 0.25) is 5.60 Å². The average Bonchev–Trinajstić information content (AvgIpc) is 3.19. The lowest BCUT2D eigenvalue weighted by Gasteiger charge is -2.26. The van der Waals surface area contributed by atoms with Crippen LogP contribution in [0.25, 0.3) is 0 Å². The van der Waals surface area contributed by atoms with Crippen molar-refractivity contribution in [1.82, 2.24) is 9.80 Å². The van der Waals surface area contributed by atoms with Crippen LogP contribution in [0.15, 0.2) is 54.6 Å². The Hall–Kier alpha value is -2.66. The molecular weight excluding hydrogens is 316 g/mol. The molecule has 2 aliphatic heterocycles. The summed E-state index contributed by atoms with van der Waals surface area (Å²) in [7, 11) is 0. The Morgan fingerprint density at radius 2 is 1.60 bits per heavy atom. The van der Waals surface area contributed by atoms with Crippen molar-refractivity contribution in [2.75, 3.05) is 6.54 Å². The van der Waals surface area contributed by atoms with Gasteiger partial charge in [-0.25, -0.2) is 0 Å². The molecule has 1 fully saturated rings. The van der Waals surface area contributed by atoms with Gasteiger partial charge in [0.15, 0.2) is 0 Å². The third-order valence-corrected chi connectivity index (χ3v) is 5.08. The van der Waals surface area contributed by atoms with Gasteiger partial charge in [0.1, 0.15) is 0 Å². The van der Waals surface area contributed by atoms with E-state index in [-0.39, 0.29) is 6.42 Å². The summed E-state index contributed by atoms with van der Waals surface area (Å²) in [6.45, 7) is 1.69. The molecule has 5 nitrogen and oxygen atoms in total. The van der Waals surface area contributed by atoms with Gasteiger partial charge in [-0.1, -0.05) is 54.6 Å². The molecule has 0 bridgehead atoms. The molecule has 1 N–H and O–H groups in total. The first-order chi connectivity index (χ1) is 12.1. The Morgan fingerprint density at radius 1 is 1.00 bits per heavy atom. The molecule has 0 aromatic heterocycles. The van der Waals surface area contributed by atoms with Gasteiger partial charge in [-0.15, -0.1) is 0 Å². The number of nitrogens with zero attached hydrogens (tertiary/aromatic N) is 2. The molecule has 1 unspecified atom stereocenters. The summed E-state index contributed by atoms with van der Waals surface area (Å²) in [4.78, 5) is 28.7. The van der Waals surface area contributed by atoms with E-state index in [1.165, 1.54) is 0 Å². The molecule has 1 atom stereocenters. The predicted octanol–water partition coefficient (Wildman–Crippen LogP) is 1.69. The van der Waals surface area contributed by atoms with Crippen LogP contribution < -0.4 is 0 Å². The Balaban J connectivity index is 1.49. The third-order valence-electron chi connectivity index (χ3n) is 5.08. The molecule has 0 radical (unpaired) electrons. The van der Waals surface area contributed by atoms with E-state index in [9.17, 15) is 14.7 Å². The van der Waals surface area contributed by atoms with Gasteiger partial charge in [0.25, 0.3) is 11.8 Å². The molecule has 2 amide bonds. The maximum Gasteiger partial charge on any atom is 0.265 e. The largest absolute Gasteiger partial charge is 0.372 e. The summed E-state index contributed by atoms with van der Waals surface area (Å²) < 4.78 is 0. The van der Waals surface area contributed by atoms with Crippen molar-refractivity contribution in [3.8, 4) is 0 Å². The highest BCUT2D eigenvalue weighted by molar-refractivity contribution is 6.09. The first-order valence-corrected chi connectivity index (χ1v) is 8.50. The van der Waals surface area contributed by atoms with Crippen LogP contribution in [0.1, 0.15) is 23.1 Å². The molecule has 4 rings (SSSR count). The first-order valence-electron chi connectivity index (χ1n) is 8.50. The zero-order valence-electron chi connectivity index (χ0n) is 13.9. The van der Waals surface area contributed by atoms with E-state index in [4.69, 9.17) is 0 Å². The Labute approximate surface area is 146 Å². The minimum absolute atomic E-state index is 0.143. The average molecular weight is 336 g/mol. The van der Waals surface area contributed by atoms with E-state index in [2.05, 4.69) is 0 Å². The second kappa shape index (κ2) is 6.01. The molecule has 2 aromatic rings. The van der Waals surface area contributed by atoms with Crippen LogP contribution in [0.3, 0.4) is 0 Å². The highest BCUT2D eigenvalue weighted by Crippen LogP contribution is 2.31. The lowest BCUT2D eigenvalue weighted by Crippen LogP contribution is -2.52. The number of carbonyl (C=O) groups excluding carboxylic acids is 2. The van der Waals surface area contributed by atoms with Crippen molar-refractivity contribution in [2.45, 2.75) is 31.7 Å². The van der Waals surface area contributed by atoms with Crippen LogP contribution in [0.2, 0.25) is 0 Å². The number of hydrogen-bond donors (Lipinski definition) is 1. The van der Waals surface area contributed by atoms with Gasteiger partial charge in [0.05, 0.1) is 0 Å². The minimum atomic E-state index is -1.93. The number of carbonyl (C=O) groups is 2. The van der Waals surface area contributed by atoms with Crippen LogP contribution in [0, 0.1) is 0 Å². The Bertz CT molecular complexity index is 796. The Morgan fingerprint density at radius 3 is 2.24 bits per heavy atom. The second-order valence-electron chi connectivity index (χ2n) is 6.75. The highest BCUT2D eigenvalue weighted by atomic mass is 16.3. The second-order valence-corrected chi connectivity index (χ2v) is 6.75. The fraction of sp³-hybridized carbons (Fsp3) is 0.300. The fourth-order valence-electron chi connectivity index (χ4n) is 3.66. The standard InChI is InChI=1S/C20H20N2O3/c23-18-20(25,10-11-21(18)12-15-6-2-1-3-7-15)19(24)22-13-16-8-4-5-9-17(16)14-22/h1-9,25H,10-14H2. The third kappa shape index (κ3) is 2.70. The molecule has 0 aliphatic carbocycles. The van der Waals surface area contributed by atoms with Gasteiger partial charge in [-0.05, 0) is 16.7 Å². The maximum atomic E-state index is 12.9. The molecule has 128 valence electrons. The van der Waals surface area contributed by atoms with Crippen molar-refractivity contribution in [3.05, 3.63) is 71.3 Å². The first kappa shape index (κ1) is 15.8. The quantitative estimate of drug-likeness (QED) is 0.868. The van der Waals surface area contributed by atoms with Crippen molar-refractivity contribution in [3.63, 3.8) is 0 Å². The van der Waals surface area contributed by atoms with E-state index in [1.54, 1.807) is 9.80 Å². The number of fused-ring (bicyclic) bond motifs is 1. The van der Waals surface area contributed by atoms with Crippen LogP contribution in [-0.2, 0) is 29.2 Å². The minimum Gasteiger partial charge on any atom is -0.372 e. The molecule has 2 aliphatic rings. The van der Waals surface area contributed by atoms with Gasteiger partial charge in [-0.2, -0.15) is 0 Å². The van der Waals surface area contributed by atoms with Crippen molar-refractivity contribution < 1.29 is 14.7 Å². The molecule has 2 aromatic carbocycles. The van der Waals surface area contributed by atoms with Crippen molar-refractivity contribution in [2.24, 2.45) is 0 Å². The number of rotatable bonds is 3. The molecule has 2 heterocycles. The van der Waals surface area contributed by atoms with E-state index in [0.717, 1.165) is 16.7 Å². The van der Waals surface area contributed by atoms with Crippen molar-refractivity contribution >= 4 is 11.8 Å². The number of aliphatic hydroxyl groups is 1.